The molecular formula is C17H22O8. The lowest BCUT2D eigenvalue weighted by Crippen LogP contribution is -2.60. The van der Waals surface area contributed by atoms with Gasteiger partial charge in [-0.15, -0.1) is 0 Å². The van der Waals surface area contributed by atoms with Gasteiger partial charge in [0.1, 0.15) is 24.4 Å². The van der Waals surface area contributed by atoms with E-state index in [-0.39, 0.29) is 11.5 Å². The third kappa shape index (κ3) is 4.56. The number of ketones is 1. The molecule has 1 saturated heterocycles. The van der Waals surface area contributed by atoms with Crippen LogP contribution in [0.25, 0.3) is 6.08 Å². The molecule has 0 amide bonds. The summed E-state index contributed by atoms with van der Waals surface area (Å²) < 4.78 is 16.1. The fourth-order valence-electron chi connectivity index (χ4n) is 2.39. The van der Waals surface area contributed by atoms with Crippen LogP contribution in [0.5, 0.6) is 11.5 Å². The molecule has 4 N–H and O–H groups in total. The first kappa shape index (κ1) is 19.4. The highest BCUT2D eigenvalue weighted by Crippen LogP contribution is 2.32. The van der Waals surface area contributed by atoms with Gasteiger partial charge in [0.15, 0.2) is 17.3 Å². The van der Waals surface area contributed by atoms with E-state index in [0.717, 1.165) is 0 Å². The van der Waals surface area contributed by atoms with Crippen molar-refractivity contribution in [3.63, 3.8) is 0 Å². The van der Waals surface area contributed by atoms with E-state index in [1.54, 1.807) is 24.3 Å². The van der Waals surface area contributed by atoms with Crippen LogP contribution < -0.4 is 9.47 Å². The van der Waals surface area contributed by atoms with Gasteiger partial charge in [-0.2, -0.15) is 0 Å². The molecule has 1 aromatic rings. The Morgan fingerprint density at radius 2 is 1.92 bits per heavy atom. The van der Waals surface area contributed by atoms with Gasteiger partial charge in [-0.25, -0.2) is 0 Å². The van der Waals surface area contributed by atoms with Crippen LogP contribution >= 0.6 is 0 Å². The second-order valence-corrected chi connectivity index (χ2v) is 5.67. The number of hydrogen-bond acceptors (Lipinski definition) is 8. The summed E-state index contributed by atoms with van der Waals surface area (Å²) in [4.78, 5) is 11.0. The first-order chi connectivity index (χ1) is 11.9. The SMILES string of the molecule is COc1cc(/C=C/C(C)=O)ccc1O[C@@H]1O[C@H](CO)[C@@H](O)[C@H](O)[C@H]1O. The number of rotatable bonds is 6. The molecule has 0 aromatic heterocycles. The Morgan fingerprint density at radius 3 is 2.52 bits per heavy atom. The fourth-order valence-corrected chi connectivity index (χ4v) is 2.39. The van der Waals surface area contributed by atoms with E-state index in [9.17, 15) is 25.2 Å². The second-order valence-electron chi connectivity index (χ2n) is 5.67. The third-order valence-electron chi connectivity index (χ3n) is 3.79. The number of benzene rings is 1. The maximum atomic E-state index is 11.0. The lowest BCUT2D eigenvalue weighted by atomic mass is 9.99. The normalized spacial score (nSPS) is 29.6. The summed E-state index contributed by atoms with van der Waals surface area (Å²) in [6, 6.07) is 4.85. The van der Waals surface area contributed by atoms with Crippen LogP contribution in [0, 0.1) is 0 Å². The van der Waals surface area contributed by atoms with Gasteiger partial charge in [0.05, 0.1) is 13.7 Å². The molecule has 0 aliphatic carbocycles. The van der Waals surface area contributed by atoms with E-state index in [1.807, 2.05) is 0 Å². The van der Waals surface area contributed by atoms with Gasteiger partial charge in [-0.1, -0.05) is 12.1 Å². The van der Waals surface area contributed by atoms with Crippen molar-refractivity contribution < 1.29 is 39.4 Å². The van der Waals surface area contributed by atoms with E-state index in [2.05, 4.69) is 0 Å². The fraction of sp³-hybridized carbons (Fsp3) is 0.471. The van der Waals surface area contributed by atoms with Crippen LogP contribution in [0.15, 0.2) is 24.3 Å². The Balaban J connectivity index is 2.19. The molecule has 0 radical (unpaired) electrons. The summed E-state index contributed by atoms with van der Waals surface area (Å²) in [7, 11) is 1.42. The van der Waals surface area contributed by atoms with Gasteiger partial charge in [0.25, 0.3) is 0 Å². The third-order valence-corrected chi connectivity index (χ3v) is 3.79. The number of aliphatic hydroxyl groups is 4. The number of hydrogen-bond donors (Lipinski definition) is 4. The number of carbonyl (C=O) groups is 1. The lowest BCUT2D eigenvalue weighted by molar-refractivity contribution is -0.277. The highest BCUT2D eigenvalue weighted by atomic mass is 16.7. The van der Waals surface area contributed by atoms with E-state index in [1.165, 1.54) is 20.1 Å². The smallest absolute Gasteiger partial charge is 0.229 e. The summed E-state index contributed by atoms with van der Waals surface area (Å²) in [5.41, 5.74) is 0.702. The molecule has 1 aromatic carbocycles. The first-order valence-electron chi connectivity index (χ1n) is 7.71. The Bertz CT molecular complexity index is 627. The molecule has 5 atom stereocenters. The van der Waals surface area contributed by atoms with Crippen LogP contribution in [-0.4, -0.2) is 70.6 Å². The van der Waals surface area contributed by atoms with Gasteiger partial charge >= 0.3 is 0 Å². The van der Waals surface area contributed by atoms with E-state index < -0.39 is 37.3 Å². The molecular weight excluding hydrogens is 332 g/mol. The Morgan fingerprint density at radius 1 is 1.20 bits per heavy atom. The van der Waals surface area contributed by atoms with Crippen molar-refractivity contribution in [3.8, 4) is 11.5 Å². The largest absolute Gasteiger partial charge is 0.493 e. The highest BCUT2D eigenvalue weighted by molar-refractivity contribution is 5.91. The standard InChI is InChI=1S/C17H22O8/c1-9(19)3-4-10-5-6-11(12(7-10)23-2)24-17-16(22)15(21)14(20)13(8-18)25-17/h3-7,13-18,20-22H,8H2,1-2H3/b4-3+/t13-,14-,15+,16-,17-/m1/s1. The van der Waals surface area contributed by atoms with Crippen LogP contribution in [0.2, 0.25) is 0 Å². The van der Waals surface area contributed by atoms with Gasteiger partial charge in [-0.05, 0) is 30.7 Å². The molecule has 1 aliphatic rings. The molecule has 8 nitrogen and oxygen atoms in total. The number of ether oxygens (including phenoxy) is 3. The van der Waals surface area contributed by atoms with Crippen LogP contribution in [0.4, 0.5) is 0 Å². The summed E-state index contributed by atoms with van der Waals surface area (Å²) in [6.45, 7) is 0.890. The Kier molecular flexibility index (Phi) is 6.51. The van der Waals surface area contributed by atoms with Crippen molar-refractivity contribution in [1.82, 2.24) is 0 Å². The molecule has 0 saturated carbocycles. The molecule has 0 spiro atoms. The number of methoxy groups -OCH3 is 1. The minimum atomic E-state index is -1.53. The summed E-state index contributed by atoms with van der Waals surface area (Å²) in [5.74, 6) is 0.454. The molecule has 0 bridgehead atoms. The first-order valence-corrected chi connectivity index (χ1v) is 7.71. The van der Waals surface area contributed by atoms with Crippen molar-refractivity contribution in [2.45, 2.75) is 37.6 Å². The zero-order valence-corrected chi connectivity index (χ0v) is 13.9. The summed E-state index contributed by atoms with van der Waals surface area (Å²) in [5, 5.41) is 38.8. The average Bonchev–Trinajstić information content (AvgIpc) is 2.60. The van der Waals surface area contributed by atoms with Crippen molar-refractivity contribution in [2.24, 2.45) is 0 Å². The highest BCUT2D eigenvalue weighted by Gasteiger charge is 2.44. The van der Waals surface area contributed by atoms with Crippen LogP contribution in [-0.2, 0) is 9.53 Å². The van der Waals surface area contributed by atoms with Gasteiger partial charge < -0.3 is 34.6 Å². The van der Waals surface area contributed by atoms with Gasteiger partial charge in [0.2, 0.25) is 6.29 Å². The molecule has 1 aliphatic heterocycles. The molecule has 0 unspecified atom stereocenters. The maximum Gasteiger partial charge on any atom is 0.229 e. The van der Waals surface area contributed by atoms with E-state index in [4.69, 9.17) is 14.2 Å². The van der Waals surface area contributed by atoms with E-state index in [0.29, 0.717) is 11.3 Å². The van der Waals surface area contributed by atoms with Crippen molar-refractivity contribution in [3.05, 3.63) is 29.8 Å². The zero-order chi connectivity index (χ0) is 18.6. The minimum absolute atomic E-state index is 0.0967. The summed E-state index contributed by atoms with van der Waals surface area (Å²) in [6.07, 6.45) is -3.84. The average molecular weight is 354 g/mol. The number of aliphatic hydroxyl groups excluding tert-OH is 4. The van der Waals surface area contributed by atoms with Crippen molar-refractivity contribution in [2.75, 3.05) is 13.7 Å². The van der Waals surface area contributed by atoms with Crippen LogP contribution in [0.1, 0.15) is 12.5 Å². The van der Waals surface area contributed by atoms with Crippen LogP contribution in [0.3, 0.4) is 0 Å². The molecule has 25 heavy (non-hydrogen) atoms. The maximum absolute atomic E-state index is 11.0. The molecule has 8 heteroatoms. The summed E-state index contributed by atoms with van der Waals surface area (Å²) >= 11 is 0. The zero-order valence-electron chi connectivity index (χ0n) is 13.9. The topological polar surface area (TPSA) is 126 Å². The predicted octanol–water partition coefficient (Wildman–Crippen LogP) is -0.524. The monoisotopic (exact) mass is 354 g/mol. The second kappa shape index (κ2) is 8.41. The Labute approximate surface area is 144 Å². The number of carbonyl (C=O) groups excluding carboxylic acids is 1. The van der Waals surface area contributed by atoms with Crippen molar-refractivity contribution >= 4 is 11.9 Å². The Hall–Kier alpha value is -1.97. The van der Waals surface area contributed by atoms with Gasteiger partial charge in [0, 0.05) is 0 Å². The van der Waals surface area contributed by atoms with Crippen molar-refractivity contribution in [1.29, 1.82) is 0 Å². The van der Waals surface area contributed by atoms with Gasteiger partial charge in [-0.3, -0.25) is 4.79 Å². The quantitative estimate of drug-likeness (QED) is 0.503. The minimum Gasteiger partial charge on any atom is -0.493 e. The van der Waals surface area contributed by atoms with E-state index >= 15 is 0 Å². The molecule has 138 valence electrons. The molecule has 1 fully saturated rings. The molecule has 1 heterocycles. The lowest BCUT2D eigenvalue weighted by Gasteiger charge is -2.39. The molecule has 2 rings (SSSR count). The predicted molar refractivity (Wildman–Crippen MR) is 87.1 cm³/mol. The number of allylic oxidation sites excluding steroid dienone is 1.